The Morgan fingerprint density at radius 3 is 2.30 bits per heavy atom. The Hall–Kier alpha value is -1.56. The number of quaternary nitrogens is 1. The van der Waals surface area contributed by atoms with Crippen LogP contribution >= 0.6 is 46.4 Å². The van der Waals surface area contributed by atoms with Gasteiger partial charge in [0.2, 0.25) is 0 Å². The van der Waals surface area contributed by atoms with Gasteiger partial charge in [-0.2, -0.15) is 0 Å². The molecular weight excluding hydrogens is 498 g/mol. The van der Waals surface area contributed by atoms with E-state index in [0.717, 1.165) is 42.7 Å². The highest BCUT2D eigenvalue weighted by molar-refractivity contribution is 6.40. The second kappa shape index (κ2) is 12.2. The molecule has 1 aromatic heterocycles. The number of hydrogen-bond donors (Lipinski definition) is 2. The number of rotatable bonds is 10. The fourth-order valence-corrected chi connectivity index (χ4v) is 4.85. The average molecular weight is 527 g/mol. The SMILES string of the molecule is CC[NH+](CC)CCCC(C)Nc1nc(C=Cc2c(Cl)cc(Cl)cc2Cl)nc2cc(Cl)ccc12. The van der Waals surface area contributed by atoms with Crippen molar-refractivity contribution in [2.24, 2.45) is 0 Å². The Morgan fingerprint density at radius 2 is 1.64 bits per heavy atom. The minimum absolute atomic E-state index is 0.269. The number of anilines is 1. The van der Waals surface area contributed by atoms with Crippen LogP contribution in [0.5, 0.6) is 0 Å². The maximum absolute atomic E-state index is 6.32. The summed E-state index contributed by atoms with van der Waals surface area (Å²) in [6, 6.07) is 9.24. The van der Waals surface area contributed by atoms with E-state index in [9.17, 15) is 0 Å². The molecule has 3 aromatic rings. The van der Waals surface area contributed by atoms with Crippen LogP contribution in [-0.2, 0) is 0 Å². The van der Waals surface area contributed by atoms with E-state index in [2.05, 4.69) is 31.1 Å². The van der Waals surface area contributed by atoms with Crippen LogP contribution in [0.1, 0.15) is 45.0 Å². The highest BCUT2D eigenvalue weighted by Crippen LogP contribution is 2.31. The van der Waals surface area contributed by atoms with Gasteiger partial charge in [-0.05, 0) is 76.1 Å². The lowest BCUT2D eigenvalue weighted by atomic mass is 10.1. The topological polar surface area (TPSA) is 42.2 Å². The lowest BCUT2D eigenvalue weighted by molar-refractivity contribution is -0.896. The highest BCUT2D eigenvalue weighted by atomic mass is 35.5. The Labute approximate surface area is 215 Å². The Bertz CT molecular complexity index is 1110. The quantitative estimate of drug-likeness (QED) is 0.301. The molecule has 4 nitrogen and oxygen atoms in total. The van der Waals surface area contributed by atoms with Gasteiger partial charge < -0.3 is 10.2 Å². The van der Waals surface area contributed by atoms with E-state index >= 15 is 0 Å². The minimum Gasteiger partial charge on any atom is -0.367 e. The number of nitrogens with one attached hydrogen (secondary N) is 2. The lowest BCUT2D eigenvalue weighted by Gasteiger charge is -2.19. The normalized spacial score (nSPS) is 12.7. The zero-order valence-electron chi connectivity index (χ0n) is 19.1. The molecule has 2 aromatic carbocycles. The molecule has 0 radical (unpaired) electrons. The molecule has 2 N–H and O–H groups in total. The van der Waals surface area contributed by atoms with Crippen LogP contribution < -0.4 is 10.2 Å². The molecule has 0 bridgehead atoms. The average Bonchev–Trinajstić information content (AvgIpc) is 2.75. The lowest BCUT2D eigenvalue weighted by Crippen LogP contribution is -3.11. The van der Waals surface area contributed by atoms with Crippen molar-refractivity contribution >= 4 is 75.3 Å². The number of fused-ring (bicyclic) bond motifs is 1. The standard InChI is InChI=1S/C25H28Cl4N4/c1-4-33(5-2)12-6-7-16(3)30-25-20-9-8-17(26)15-23(20)31-24(32-25)11-10-19-21(28)13-18(27)14-22(19)29/h8-11,13-16H,4-7,12H2,1-3H3,(H,30,31,32)/p+1. The Morgan fingerprint density at radius 1 is 0.939 bits per heavy atom. The monoisotopic (exact) mass is 525 g/mol. The predicted octanol–water partition coefficient (Wildman–Crippen LogP) is 6.92. The molecule has 33 heavy (non-hydrogen) atoms. The smallest absolute Gasteiger partial charge is 0.154 e. The first-order valence-corrected chi connectivity index (χ1v) is 12.7. The summed E-state index contributed by atoms with van der Waals surface area (Å²) in [5.74, 6) is 1.32. The van der Waals surface area contributed by atoms with Gasteiger partial charge in [0.25, 0.3) is 0 Å². The van der Waals surface area contributed by atoms with Crippen molar-refractivity contribution in [2.45, 2.75) is 39.7 Å². The van der Waals surface area contributed by atoms with Gasteiger partial charge in [-0.1, -0.05) is 46.4 Å². The van der Waals surface area contributed by atoms with E-state index in [0.29, 0.717) is 31.5 Å². The largest absolute Gasteiger partial charge is 0.367 e. The van der Waals surface area contributed by atoms with Crippen LogP contribution in [0.2, 0.25) is 20.1 Å². The van der Waals surface area contributed by atoms with Crippen LogP contribution in [0, 0.1) is 0 Å². The van der Waals surface area contributed by atoms with E-state index in [1.54, 1.807) is 29.2 Å². The van der Waals surface area contributed by atoms with Gasteiger partial charge in [-0.25, -0.2) is 9.97 Å². The summed E-state index contributed by atoms with van der Waals surface area (Å²) in [7, 11) is 0. The summed E-state index contributed by atoms with van der Waals surface area (Å²) in [6.45, 7) is 10.1. The van der Waals surface area contributed by atoms with Crippen LogP contribution in [0.15, 0.2) is 30.3 Å². The fourth-order valence-electron chi connectivity index (χ4n) is 3.74. The van der Waals surface area contributed by atoms with Gasteiger partial charge in [0, 0.05) is 27.0 Å². The van der Waals surface area contributed by atoms with Crippen LogP contribution in [0.4, 0.5) is 5.82 Å². The summed E-state index contributed by atoms with van der Waals surface area (Å²) < 4.78 is 0. The van der Waals surface area contributed by atoms with E-state index in [1.165, 1.54) is 6.54 Å². The third-order valence-corrected chi connectivity index (χ3v) is 6.75. The molecule has 8 heteroatoms. The molecule has 0 saturated carbocycles. The van der Waals surface area contributed by atoms with Crippen LogP contribution in [0.3, 0.4) is 0 Å². The van der Waals surface area contributed by atoms with Crippen molar-refractivity contribution < 1.29 is 4.90 Å². The molecule has 176 valence electrons. The molecule has 0 spiro atoms. The molecule has 1 unspecified atom stereocenters. The third-order valence-electron chi connectivity index (χ3n) is 5.67. The van der Waals surface area contributed by atoms with Gasteiger partial charge >= 0.3 is 0 Å². The van der Waals surface area contributed by atoms with E-state index in [4.69, 9.17) is 51.4 Å². The summed E-state index contributed by atoms with van der Waals surface area (Å²) in [5, 5.41) is 6.56. The van der Waals surface area contributed by atoms with Gasteiger partial charge in [-0.15, -0.1) is 0 Å². The van der Waals surface area contributed by atoms with Crippen molar-refractivity contribution in [1.82, 2.24) is 9.97 Å². The van der Waals surface area contributed by atoms with Crippen LogP contribution in [0.25, 0.3) is 23.1 Å². The number of aromatic nitrogens is 2. The van der Waals surface area contributed by atoms with Gasteiger partial charge in [0.1, 0.15) is 5.82 Å². The molecule has 3 rings (SSSR count). The van der Waals surface area contributed by atoms with E-state index < -0.39 is 0 Å². The van der Waals surface area contributed by atoms with Crippen molar-refractivity contribution in [2.75, 3.05) is 25.0 Å². The maximum Gasteiger partial charge on any atom is 0.154 e. The molecule has 0 aliphatic carbocycles. The van der Waals surface area contributed by atoms with Crippen molar-refractivity contribution in [3.8, 4) is 0 Å². The van der Waals surface area contributed by atoms with E-state index in [-0.39, 0.29) is 6.04 Å². The zero-order valence-corrected chi connectivity index (χ0v) is 22.1. The third kappa shape index (κ3) is 7.21. The first kappa shape index (κ1) is 26.1. The Balaban J connectivity index is 1.86. The molecule has 0 fully saturated rings. The zero-order chi connectivity index (χ0) is 24.0. The molecule has 1 heterocycles. The molecular formula is C25H29Cl4N4+. The maximum atomic E-state index is 6.32. The van der Waals surface area contributed by atoms with Crippen molar-refractivity contribution in [3.63, 3.8) is 0 Å². The summed E-state index contributed by atoms with van der Waals surface area (Å²) in [5.41, 5.74) is 1.44. The molecule has 1 atom stereocenters. The predicted molar refractivity (Wildman–Crippen MR) is 144 cm³/mol. The first-order valence-electron chi connectivity index (χ1n) is 11.2. The molecule has 0 aliphatic rings. The number of benzene rings is 2. The second-order valence-electron chi connectivity index (χ2n) is 8.10. The van der Waals surface area contributed by atoms with E-state index in [1.807, 2.05) is 18.2 Å². The van der Waals surface area contributed by atoms with Crippen LogP contribution in [-0.4, -0.2) is 35.6 Å². The first-order chi connectivity index (χ1) is 15.8. The van der Waals surface area contributed by atoms with Crippen molar-refractivity contribution in [3.05, 3.63) is 61.8 Å². The van der Waals surface area contributed by atoms with Gasteiger partial charge in [0.15, 0.2) is 5.82 Å². The molecule has 0 saturated heterocycles. The van der Waals surface area contributed by atoms with Gasteiger partial charge in [-0.3, -0.25) is 0 Å². The summed E-state index contributed by atoms with van der Waals surface area (Å²) in [6.07, 6.45) is 5.80. The highest BCUT2D eigenvalue weighted by Gasteiger charge is 2.12. The number of halogens is 4. The molecule has 0 amide bonds. The van der Waals surface area contributed by atoms with Crippen molar-refractivity contribution in [1.29, 1.82) is 0 Å². The number of nitrogens with zero attached hydrogens (tertiary/aromatic N) is 2. The number of hydrogen-bond acceptors (Lipinski definition) is 3. The summed E-state index contributed by atoms with van der Waals surface area (Å²) >= 11 is 24.9. The Kier molecular flexibility index (Phi) is 9.66. The van der Waals surface area contributed by atoms with Gasteiger partial charge in [0.05, 0.1) is 35.2 Å². The second-order valence-corrected chi connectivity index (χ2v) is 9.79. The molecule has 0 aliphatic heterocycles. The summed E-state index contributed by atoms with van der Waals surface area (Å²) in [4.78, 5) is 11.1. The minimum atomic E-state index is 0.269. The fraction of sp³-hybridized carbons (Fsp3) is 0.360.